The van der Waals surface area contributed by atoms with E-state index in [1.54, 1.807) is 18.1 Å². The van der Waals surface area contributed by atoms with Crippen LogP contribution in [0.4, 0.5) is 0 Å². The minimum absolute atomic E-state index is 0.0404. The van der Waals surface area contributed by atoms with Gasteiger partial charge in [0, 0.05) is 39.8 Å². The van der Waals surface area contributed by atoms with Crippen molar-refractivity contribution in [2.24, 2.45) is 0 Å². The van der Waals surface area contributed by atoms with Crippen molar-refractivity contribution in [3.63, 3.8) is 0 Å². The normalized spacial score (nSPS) is 17.6. The summed E-state index contributed by atoms with van der Waals surface area (Å²) < 4.78 is 18.9. The number of nitrogens with zero attached hydrogens (tertiary/aromatic N) is 4. The van der Waals surface area contributed by atoms with Crippen LogP contribution in [0.2, 0.25) is 0 Å². The van der Waals surface area contributed by atoms with Crippen molar-refractivity contribution < 1.29 is 23.8 Å². The molecular formula is C25H28N4O5S. The molecule has 1 saturated heterocycles. The number of hydrogen-bond donors (Lipinski definition) is 0. The van der Waals surface area contributed by atoms with Crippen molar-refractivity contribution in [1.82, 2.24) is 19.4 Å². The number of hydrogen-bond acceptors (Lipinski definition) is 7. The Labute approximate surface area is 207 Å². The molecule has 3 aromatic rings. The first kappa shape index (κ1) is 23.5. The molecule has 0 bridgehead atoms. The maximum atomic E-state index is 13.0. The number of benzene rings is 2. The number of fused-ring (bicyclic) bond motifs is 2. The van der Waals surface area contributed by atoms with E-state index in [9.17, 15) is 9.59 Å². The van der Waals surface area contributed by atoms with Gasteiger partial charge in [0.2, 0.25) is 12.0 Å². The minimum Gasteiger partial charge on any atom is -0.485 e. The number of aromatic nitrogens is 2. The Kier molecular flexibility index (Phi) is 7.10. The van der Waals surface area contributed by atoms with Gasteiger partial charge in [0.15, 0.2) is 16.7 Å². The van der Waals surface area contributed by atoms with Crippen LogP contribution in [0.3, 0.4) is 0 Å². The maximum Gasteiger partial charge on any atom is 0.267 e. The van der Waals surface area contributed by atoms with E-state index in [1.807, 2.05) is 47.4 Å². The molecule has 10 heteroatoms. The lowest BCUT2D eigenvalue weighted by atomic mass is 10.2. The van der Waals surface area contributed by atoms with Crippen molar-refractivity contribution in [3.8, 4) is 11.5 Å². The molecule has 0 spiro atoms. The molecule has 3 heterocycles. The summed E-state index contributed by atoms with van der Waals surface area (Å²) in [4.78, 5) is 34.1. The average molecular weight is 497 g/mol. The lowest BCUT2D eigenvalue weighted by Crippen LogP contribution is -2.55. The molecule has 0 aliphatic carbocycles. The van der Waals surface area contributed by atoms with Crippen molar-refractivity contribution in [1.29, 1.82) is 0 Å². The van der Waals surface area contributed by atoms with Crippen LogP contribution in [0.5, 0.6) is 11.5 Å². The smallest absolute Gasteiger partial charge is 0.267 e. The van der Waals surface area contributed by atoms with E-state index < -0.39 is 6.10 Å². The lowest BCUT2D eigenvalue weighted by molar-refractivity contribution is -0.145. The van der Waals surface area contributed by atoms with Crippen LogP contribution in [-0.2, 0) is 20.9 Å². The summed E-state index contributed by atoms with van der Waals surface area (Å²) >= 11 is 1.44. The second kappa shape index (κ2) is 10.6. The molecule has 0 saturated carbocycles. The summed E-state index contributed by atoms with van der Waals surface area (Å²) in [6.45, 7) is 3.37. The molecular weight excluding hydrogens is 468 g/mol. The van der Waals surface area contributed by atoms with Gasteiger partial charge in [0.25, 0.3) is 5.91 Å². The van der Waals surface area contributed by atoms with E-state index in [4.69, 9.17) is 19.2 Å². The molecule has 1 aromatic heterocycles. The molecule has 9 nitrogen and oxygen atoms in total. The van der Waals surface area contributed by atoms with Crippen molar-refractivity contribution in [2.45, 2.75) is 17.8 Å². The van der Waals surface area contributed by atoms with Crippen molar-refractivity contribution in [2.75, 3.05) is 52.3 Å². The Hall–Kier alpha value is -3.24. The summed E-state index contributed by atoms with van der Waals surface area (Å²) in [6.07, 6.45) is -0.664. The number of imidazole rings is 1. The first-order chi connectivity index (χ1) is 17.1. The fourth-order valence-corrected chi connectivity index (χ4v) is 5.24. The zero-order chi connectivity index (χ0) is 24.2. The molecule has 0 N–H and O–H groups in total. The number of methoxy groups -OCH3 is 1. The maximum absolute atomic E-state index is 13.0. The van der Waals surface area contributed by atoms with E-state index in [0.717, 1.165) is 16.2 Å². The first-order valence-corrected chi connectivity index (χ1v) is 12.6. The van der Waals surface area contributed by atoms with Crippen LogP contribution in [0.1, 0.15) is 0 Å². The SMILES string of the molecule is COCCn1c(SCC(=O)N2CCN(C(=O)C3COc4ccccc4O3)CC2)nc2ccccc21. The third-order valence-corrected chi connectivity index (χ3v) is 7.15. The molecule has 35 heavy (non-hydrogen) atoms. The predicted molar refractivity (Wildman–Crippen MR) is 132 cm³/mol. The highest BCUT2D eigenvalue weighted by Crippen LogP contribution is 2.31. The quantitative estimate of drug-likeness (QED) is 0.464. The average Bonchev–Trinajstić information content (AvgIpc) is 3.27. The number of thioether (sulfide) groups is 1. The Balaban J connectivity index is 1.14. The molecule has 0 radical (unpaired) electrons. The second-order valence-corrected chi connectivity index (χ2v) is 9.33. The van der Waals surface area contributed by atoms with Gasteiger partial charge in [0.05, 0.1) is 23.4 Å². The largest absolute Gasteiger partial charge is 0.485 e. The van der Waals surface area contributed by atoms with Crippen LogP contribution in [0, 0.1) is 0 Å². The van der Waals surface area contributed by atoms with Gasteiger partial charge in [-0.05, 0) is 24.3 Å². The number of carbonyl (C=O) groups is 2. The highest BCUT2D eigenvalue weighted by Gasteiger charge is 2.33. The predicted octanol–water partition coefficient (Wildman–Crippen LogP) is 2.29. The monoisotopic (exact) mass is 496 g/mol. The Morgan fingerprint density at radius 2 is 1.74 bits per heavy atom. The van der Waals surface area contributed by atoms with Crippen LogP contribution in [0.25, 0.3) is 11.0 Å². The zero-order valence-electron chi connectivity index (χ0n) is 19.6. The fraction of sp³-hybridized carbons (Fsp3) is 0.400. The highest BCUT2D eigenvalue weighted by molar-refractivity contribution is 7.99. The van der Waals surface area contributed by atoms with E-state index in [1.165, 1.54) is 11.8 Å². The van der Waals surface area contributed by atoms with Gasteiger partial charge in [-0.1, -0.05) is 36.0 Å². The topological polar surface area (TPSA) is 86.1 Å². The molecule has 2 aliphatic rings. The number of amides is 2. The summed E-state index contributed by atoms with van der Waals surface area (Å²) in [5.41, 5.74) is 1.94. The summed E-state index contributed by atoms with van der Waals surface area (Å²) in [6, 6.07) is 15.3. The van der Waals surface area contributed by atoms with Gasteiger partial charge in [-0.2, -0.15) is 0 Å². The number of piperazine rings is 1. The Morgan fingerprint density at radius 3 is 2.54 bits per heavy atom. The van der Waals surface area contributed by atoms with Crippen LogP contribution >= 0.6 is 11.8 Å². The second-order valence-electron chi connectivity index (χ2n) is 8.39. The highest BCUT2D eigenvalue weighted by atomic mass is 32.2. The van der Waals surface area contributed by atoms with Crippen molar-refractivity contribution in [3.05, 3.63) is 48.5 Å². The molecule has 1 fully saturated rings. The first-order valence-electron chi connectivity index (χ1n) is 11.7. The summed E-state index contributed by atoms with van der Waals surface area (Å²) in [5.74, 6) is 1.46. The summed E-state index contributed by atoms with van der Waals surface area (Å²) in [7, 11) is 1.67. The Bertz CT molecular complexity index is 1210. The fourth-order valence-electron chi connectivity index (χ4n) is 4.30. The molecule has 2 aliphatic heterocycles. The van der Waals surface area contributed by atoms with Gasteiger partial charge >= 0.3 is 0 Å². The number of carbonyl (C=O) groups excluding carboxylic acids is 2. The van der Waals surface area contributed by atoms with Crippen LogP contribution < -0.4 is 9.47 Å². The van der Waals surface area contributed by atoms with Gasteiger partial charge < -0.3 is 28.6 Å². The van der Waals surface area contributed by atoms with Gasteiger partial charge in [-0.15, -0.1) is 0 Å². The molecule has 5 rings (SSSR count). The molecule has 1 unspecified atom stereocenters. The van der Waals surface area contributed by atoms with E-state index in [2.05, 4.69) is 4.57 Å². The third-order valence-electron chi connectivity index (χ3n) is 6.19. The van der Waals surface area contributed by atoms with Gasteiger partial charge in [0.1, 0.15) is 6.61 Å². The van der Waals surface area contributed by atoms with Crippen molar-refractivity contribution >= 4 is 34.6 Å². The lowest BCUT2D eigenvalue weighted by Gasteiger charge is -2.37. The van der Waals surface area contributed by atoms with Gasteiger partial charge in [-0.3, -0.25) is 9.59 Å². The molecule has 184 valence electrons. The number of ether oxygens (including phenoxy) is 3. The minimum atomic E-state index is -0.664. The van der Waals surface area contributed by atoms with E-state index in [-0.39, 0.29) is 18.4 Å². The molecule has 2 amide bonds. The number of rotatable bonds is 7. The third kappa shape index (κ3) is 5.08. The zero-order valence-corrected chi connectivity index (χ0v) is 20.4. The van der Waals surface area contributed by atoms with Crippen LogP contribution in [-0.4, -0.2) is 89.5 Å². The standard InChI is InChI=1S/C25H28N4O5S/c1-32-15-14-29-19-7-3-2-6-18(19)26-25(29)35-17-23(30)27-10-12-28(13-11-27)24(31)22-16-33-20-8-4-5-9-21(20)34-22/h2-9,22H,10-17H2,1H3. The van der Waals surface area contributed by atoms with E-state index >= 15 is 0 Å². The molecule has 2 aromatic carbocycles. The van der Waals surface area contributed by atoms with Crippen LogP contribution in [0.15, 0.2) is 53.7 Å². The Morgan fingerprint density at radius 1 is 1.03 bits per heavy atom. The number of para-hydroxylation sites is 4. The van der Waals surface area contributed by atoms with E-state index in [0.29, 0.717) is 56.6 Å². The van der Waals surface area contributed by atoms with Gasteiger partial charge in [-0.25, -0.2) is 4.98 Å². The summed E-state index contributed by atoms with van der Waals surface area (Å²) in [5, 5.41) is 0.806. The molecule has 1 atom stereocenters.